The van der Waals surface area contributed by atoms with Crippen molar-refractivity contribution in [1.29, 1.82) is 0 Å². The van der Waals surface area contributed by atoms with Crippen molar-refractivity contribution in [1.82, 2.24) is 0 Å². The molecule has 154 valence electrons. The lowest BCUT2D eigenvalue weighted by Crippen LogP contribution is -2.17. The Morgan fingerprint density at radius 3 is 2.07 bits per heavy atom. The van der Waals surface area contributed by atoms with Gasteiger partial charge in [-0.1, -0.05) is 42.5 Å². The van der Waals surface area contributed by atoms with Gasteiger partial charge in [0.1, 0.15) is 17.2 Å². The van der Waals surface area contributed by atoms with E-state index in [0.29, 0.717) is 17.0 Å². The predicted molar refractivity (Wildman–Crippen MR) is 108 cm³/mol. The van der Waals surface area contributed by atoms with E-state index in [1.165, 1.54) is 24.5 Å². The van der Waals surface area contributed by atoms with Crippen LogP contribution >= 0.6 is 0 Å². The second-order valence-corrected chi connectivity index (χ2v) is 6.11. The number of para-hydroxylation sites is 2. The molecule has 3 rings (SSSR count). The van der Waals surface area contributed by atoms with Gasteiger partial charge in [-0.05, 0) is 43.3 Å². The van der Waals surface area contributed by atoms with Gasteiger partial charge in [-0.15, -0.1) is 13.2 Å². The van der Waals surface area contributed by atoms with Crippen LogP contribution in [0.3, 0.4) is 0 Å². The third kappa shape index (κ3) is 6.70. The largest absolute Gasteiger partial charge is 0.573 e. The fourth-order valence-electron chi connectivity index (χ4n) is 2.36. The Hall–Kier alpha value is -3.74. The molecule has 0 amide bonds. The van der Waals surface area contributed by atoms with Crippen LogP contribution in [0.15, 0.2) is 102 Å². The van der Waals surface area contributed by atoms with Crippen LogP contribution in [0.25, 0.3) is 0 Å². The maximum absolute atomic E-state index is 12.5. The van der Waals surface area contributed by atoms with E-state index in [-0.39, 0.29) is 17.4 Å². The summed E-state index contributed by atoms with van der Waals surface area (Å²) >= 11 is 0. The standard InChI is InChI=1S/C23H18F3NO3/c1-17(16-28-19-11-6-3-7-12-19)22(27-18-9-4-2-5-10-18)29-20-13-8-14-21(15-20)30-23(24,25)26/h2-16H,1H3/b17-16+,27-22-. The fraction of sp³-hybridized carbons (Fsp3) is 0.0870. The second-order valence-electron chi connectivity index (χ2n) is 6.11. The Labute approximate surface area is 171 Å². The average molecular weight is 413 g/mol. The predicted octanol–water partition coefficient (Wildman–Crippen LogP) is 6.68. The van der Waals surface area contributed by atoms with E-state index in [0.717, 1.165) is 6.07 Å². The summed E-state index contributed by atoms with van der Waals surface area (Å²) in [4.78, 5) is 4.45. The lowest BCUT2D eigenvalue weighted by atomic mass is 10.3. The molecule has 0 aliphatic rings. The fourth-order valence-corrected chi connectivity index (χ4v) is 2.36. The monoisotopic (exact) mass is 413 g/mol. The highest BCUT2D eigenvalue weighted by molar-refractivity contribution is 5.96. The number of ether oxygens (including phenoxy) is 3. The molecule has 0 spiro atoms. The maximum atomic E-state index is 12.5. The molecule has 0 saturated heterocycles. The number of alkyl halides is 3. The van der Waals surface area contributed by atoms with Crippen LogP contribution in [-0.4, -0.2) is 12.3 Å². The SMILES string of the molecule is CC(=C\Oc1ccccc1)/C(=N/c1ccccc1)Oc1cccc(OC(F)(F)F)c1. The summed E-state index contributed by atoms with van der Waals surface area (Å²) in [5, 5.41) is 0. The van der Waals surface area contributed by atoms with Gasteiger partial charge >= 0.3 is 6.36 Å². The molecule has 0 aromatic heterocycles. The minimum absolute atomic E-state index is 0.138. The summed E-state index contributed by atoms with van der Waals surface area (Å²) in [6.45, 7) is 1.72. The van der Waals surface area contributed by atoms with Crippen molar-refractivity contribution in [3.8, 4) is 17.2 Å². The van der Waals surface area contributed by atoms with Gasteiger partial charge in [-0.2, -0.15) is 0 Å². The highest BCUT2D eigenvalue weighted by Crippen LogP contribution is 2.27. The van der Waals surface area contributed by atoms with Crippen LogP contribution in [0, 0.1) is 0 Å². The van der Waals surface area contributed by atoms with Crippen molar-refractivity contribution in [3.05, 3.63) is 96.8 Å². The minimum atomic E-state index is -4.79. The number of benzene rings is 3. The molecular formula is C23H18F3NO3. The summed E-state index contributed by atoms with van der Waals surface area (Å²) < 4.78 is 52.8. The Balaban J connectivity index is 1.87. The molecular weight excluding hydrogens is 395 g/mol. The molecule has 4 nitrogen and oxygen atoms in total. The Bertz CT molecular complexity index is 1020. The second kappa shape index (κ2) is 9.65. The van der Waals surface area contributed by atoms with E-state index in [9.17, 15) is 13.2 Å². The summed E-state index contributed by atoms with van der Waals surface area (Å²) in [7, 11) is 0. The number of hydrogen-bond donors (Lipinski definition) is 0. The van der Waals surface area contributed by atoms with Gasteiger partial charge in [0.2, 0.25) is 5.90 Å². The van der Waals surface area contributed by atoms with E-state index in [1.807, 2.05) is 36.4 Å². The van der Waals surface area contributed by atoms with Crippen LogP contribution < -0.4 is 14.2 Å². The lowest BCUT2D eigenvalue weighted by Gasteiger charge is -2.12. The van der Waals surface area contributed by atoms with Gasteiger partial charge < -0.3 is 14.2 Å². The molecule has 0 atom stereocenters. The molecule has 0 radical (unpaired) electrons. The topological polar surface area (TPSA) is 40.0 Å². The molecule has 0 N–H and O–H groups in total. The Morgan fingerprint density at radius 2 is 1.40 bits per heavy atom. The first-order valence-corrected chi connectivity index (χ1v) is 8.95. The summed E-state index contributed by atoms with van der Waals surface area (Å²) in [5.74, 6) is 0.540. The van der Waals surface area contributed by atoms with Crippen LogP contribution in [-0.2, 0) is 0 Å². The van der Waals surface area contributed by atoms with Gasteiger partial charge in [0.15, 0.2) is 0 Å². The van der Waals surface area contributed by atoms with Crippen molar-refractivity contribution >= 4 is 11.6 Å². The number of nitrogens with zero attached hydrogens (tertiary/aromatic N) is 1. The summed E-state index contributed by atoms with van der Waals surface area (Å²) in [6, 6.07) is 23.4. The first-order chi connectivity index (χ1) is 14.4. The van der Waals surface area contributed by atoms with Crippen molar-refractivity contribution in [2.75, 3.05) is 0 Å². The summed E-state index contributed by atoms with van der Waals surface area (Å²) in [5.41, 5.74) is 1.15. The highest BCUT2D eigenvalue weighted by atomic mass is 19.4. The number of rotatable bonds is 6. The Kier molecular flexibility index (Phi) is 6.75. The van der Waals surface area contributed by atoms with Gasteiger partial charge in [0.05, 0.1) is 11.9 Å². The zero-order valence-electron chi connectivity index (χ0n) is 16.0. The molecule has 3 aromatic rings. The lowest BCUT2D eigenvalue weighted by molar-refractivity contribution is -0.274. The maximum Gasteiger partial charge on any atom is 0.573 e. The molecule has 3 aromatic carbocycles. The van der Waals surface area contributed by atoms with Crippen molar-refractivity contribution in [3.63, 3.8) is 0 Å². The Morgan fingerprint density at radius 1 is 0.800 bits per heavy atom. The number of aliphatic imine (C=N–C) groups is 1. The highest BCUT2D eigenvalue weighted by Gasteiger charge is 2.31. The first-order valence-electron chi connectivity index (χ1n) is 8.95. The van der Waals surface area contributed by atoms with Gasteiger partial charge in [-0.3, -0.25) is 0 Å². The average Bonchev–Trinajstić information content (AvgIpc) is 2.72. The van der Waals surface area contributed by atoms with Crippen molar-refractivity contribution in [2.24, 2.45) is 4.99 Å². The summed E-state index contributed by atoms with van der Waals surface area (Å²) in [6.07, 6.45) is -3.33. The number of halogens is 3. The molecule has 0 aliphatic heterocycles. The van der Waals surface area contributed by atoms with Crippen LogP contribution in [0.2, 0.25) is 0 Å². The molecule has 0 aliphatic carbocycles. The molecule has 0 bridgehead atoms. The van der Waals surface area contributed by atoms with Gasteiger partial charge in [0.25, 0.3) is 0 Å². The minimum Gasteiger partial charge on any atom is -0.465 e. The number of hydrogen-bond acceptors (Lipinski definition) is 4. The van der Waals surface area contributed by atoms with Crippen LogP contribution in [0.4, 0.5) is 18.9 Å². The van der Waals surface area contributed by atoms with E-state index in [1.54, 1.807) is 31.2 Å². The van der Waals surface area contributed by atoms with E-state index >= 15 is 0 Å². The zero-order chi connectivity index (χ0) is 21.4. The van der Waals surface area contributed by atoms with Gasteiger partial charge in [0, 0.05) is 11.6 Å². The molecule has 0 saturated carbocycles. The normalized spacial score (nSPS) is 12.4. The van der Waals surface area contributed by atoms with E-state index < -0.39 is 6.36 Å². The molecule has 30 heavy (non-hydrogen) atoms. The molecule has 0 heterocycles. The van der Waals surface area contributed by atoms with Crippen molar-refractivity contribution in [2.45, 2.75) is 13.3 Å². The smallest absolute Gasteiger partial charge is 0.465 e. The molecule has 0 unspecified atom stereocenters. The van der Waals surface area contributed by atoms with E-state index in [2.05, 4.69) is 9.73 Å². The zero-order valence-corrected chi connectivity index (χ0v) is 16.0. The van der Waals surface area contributed by atoms with E-state index in [4.69, 9.17) is 9.47 Å². The van der Waals surface area contributed by atoms with Crippen LogP contribution in [0.5, 0.6) is 17.2 Å². The molecule has 0 fully saturated rings. The third-order valence-electron chi connectivity index (χ3n) is 3.69. The van der Waals surface area contributed by atoms with Crippen LogP contribution in [0.1, 0.15) is 6.92 Å². The first kappa shape index (κ1) is 21.0. The van der Waals surface area contributed by atoms with Gasteiger partial charge in [-0.25, -0.2) is 4.99 Å². The van der Waals surface area contributed by atoms with Crippen molar-refractivity contribution < 1.29 is 27.4 Å². The third-order valence-corrected chi connectivity index (χ3v) is 3.69. The quantitative estimate of drug-likeness (QED) is 0.257. The molecule has 7 heteroatoms.